The fourth-order valence-corrected chi connectivity index (χ4v) is 6.61. The fraction of sp³-hybridized carbons (Fsp3) is 0.870. The van der Waals surface area contributed by atoms with E-state index in [2.05, 4.69) is 13.8 Å². The van der Waals surface area contributed by atoms with Crippen LogP contribution in [0.1, 0.15) is 112 Å². The molecule has 0 aliphatic carbocycles. The van der Waals surface area contributed by atoms with E-state index in [1.807, 2.05) is 0 Å². The van der Waals surface area contributed by atoms with Gasteiger partial charge in [0, 0.05) is 0 Å². The third kappa shape index (κ3) is 22.0. The van der Waals surface area contributed by atoms with E-state index in [0.717, 1.165) is 0 Å². The molecule has 0 aromatic rings. The number of ketones is 3. The summed E-state index contributed by atoms with van der Waals surface area (Å²) in [6, 6.07) is 0. The SMILES string of the molecule is CC(=O)C(C(C)=O)C(C)=O.CCCCCCC[CH2][Sn][CH2]CCCCCCC. The minimum atomic E-state index is -1.03. The normalized spacial score (nSPS) is 10.4. The van der Waals surface area contributed by atoms with Gasteiger partial charge in [-0.15, -0.1) is 0 Å². The van der Waals surface area contributed by atoms with Gasteiger partial charge in [-0.2, -0.15) is 0 Å². The van der Waals surface area contributed by atoms with Gasteiger partial charge in [-0.3, -0.25) is 14.4 Å². The Hall–Kier alpha value is -0.191. The van der Waals surface area contributed by atoms with E-state index in [1.54, 1.807) is 21.7 Å². The molecule has 0 aromatic carbocycles. The topological polar surface area (TPSA) is 51.2 Å². The molecule has 2 radical (unpaired) electrons. The van der Waals surface area contributed by atoms with Crippen molar-refractivity contribution >= 4 is 38.5 Å². The number of Topliss-reactive ketones (excluding diaryl/α,β-unsaturated/α-hetero) is 3. The summed E-state index contributed by atoms with van der Waals surface area (Å²) >= 11 is 0.0736. The second kappa shape index (κ2) is 22.1. The summed E-state index contributed by atoms with van der Waals surface area (Å²) in [7, 11) is 0. The van der Waals surface area contributed by atoms with Gasteiger partial charge in [0.1, 0.15) is 23.3 Å². The Kier molecular flexibility index (Phi) is 23.7. The summed E-state index contributed by atoms with van der Waals surface area (Å²) in [6.07, 6.45) is 17.8. The molecule has 4 heteroatoms. The quantitative estimate of drug-likeness (QED) is 0.132. The van der Waals surface area contributed by atoms with Gasteiger partial charge in [0.25, 0.3) is 0 Å². The Morgan fingerprint density at radius 2 is 0.852 bits per heavy atom. The van der Waals surface area contributed by atoms with Crippen molar-refractivity contribution in [2.75, 3.05) is 0 Å². The average molecular weight is 487 g/mol. The van der Waals surface area contributed by atoms with Crippen molar-refractivity contribution < 1.29 is 14.4 Å². The summed E-state index contributed by atoms with van der Waals surface area (Å²) in [5, 5.41) is 0. The van der Waals surface area contributed by atoms with Crippen LogP contribution >= 0.6 is 0 Å². The van der Waals surface area contributed by atoms with Crippen molar-refractivity contribution in [3.05, 3.63) is 0 Å². The molecule has 0 rings (SSSR count). The first-order valence-electron chi connectivity index (χ1n) is 11.1. The molecule has 3 nitrogen and oxygen atoms in total. The van der Waals surface area contributed by atoms with E-state index in [0.29, 0.717) is 0 Å². The standard InChI is InChI=1S/2C8H17.C7H10O3.Sn/c2*1-3-5-7-8-6-4-2;1-4(8)7(5(2)9)6(3)10;/h2*1,3-8H2,2H3;7H,1-3H3;. The number of carbonyl (C=O) groups is 3. The summed E-state index contributed by atoms with van der Waals surface area (Å²) in [4.78, 5) is 31.8. The Balaban J connectivity index is 0. The van der Waals surface area contributed by atoms with Crippen LogP contribution in [0.25, 0.3) is 0 Å². The molecule has 0 unspecified atom stereocenters. The molecule has 0 aliphatic heterocycles. The van der Waals surface area contributed by atoms with Crippen molar-refractivity contribution in [1.82, 2.24) is 0 Å². The van der Waals surface area contributed by atoms with Crippen LogP contribution in [-0.2, 0) is 14.4 Å². The molecule has 0 N–H and O–H groups in total. The Bertz CT molecular complexity index is 333. The minimum absolute atomic E-state index is 0.0736. The van der Waals surface area contributed by atoms with Crippen LogP contribution in [0.15, 0.2) is 0 Å². The number of hydrogen-bond donors (Lipinski definition) is 0. The summed E-state index contributed by atoms with van der Waals surface area (Å²) in [5.41, 5.74) is 0. The van der Waals surface area contributed by atoms with Crippen LogP contribution in [0.3, 0.4) is 0 Å². The summed E-state index contributed by atoms with van der Waals surface area (Å²) in [6.45, 7) is 8.33. The monoisotopic (exact) mass is 488 g/mol. The molecule has 0 bridgehead atoms. The van der Waals surface area contributed by atoms with Crippen molar-refractivity contribution in [2.24, 2.45) is 5.92 Å². The van der Waals surface area contributed by atoms with Crippen LogP contribution in [-0.4, -0.2) is 38.5 Å². The molecular weight excluding hydrogens is 443 g/mol. The van der Waals surface area contributed by atoms with E-state index in [-0.39, 0.29) is 38.5 Å². The van der Waals surface area contributed by atoms with E-state index >= 15 is 0 Å². The van der Waals surface area contributed by atoms with Crippen LogP contribution in [0, 0.1) is 5.92 Å². The molecule has 0 fully saturated rings. The first-order chi connectivity index (χ1) is 12.9. The second-order valence-electron chi connectivity index (χ2n) is 7.55. The first kappa shape index (κ1) is 29.0. The molecule has 0 aromatic heterocycles. The zero-order chi connectivity index (χ0) is 20.9. The van der Waals surface area contributed by atoms with Gasteiger partial charge in [0.05, 0.1) is 0 Å². The number of rotatable bonds is 17. The third-order valence-corrected chi connectivity index (χ3v) is 8.67. The van der Waals surface area contributed by atoms with Crippen LogP contribution in [0.5, 0.6) is 0 Å². The fourth-order valence-electron chi connectivity index (χ4n) is 3.04. The molecular formula is C23H44O3Sn. The average Bonchev–Trinajstić information content (AvgIpc) is 2.58. The first-order valence-corrected chi connectivity index (χ1v) is 15.1. The van der Waals surface area contributed by atoms with Crippen molar-refractivity contribution in [2.45, 2.75) is 121 Å². The van der Waals surface area contributed by atoms with Crippen molar-refractivity contribution in [1.29, 1.82) is 0 Å². The van der Waals surface area contributed by atoms with Gasteiger partial charge < -0.3 is 0 Å². The molecule has 27 heavy (non-hydrogen) atoms. The second-order valence-corrected chi connectivity index (χ2v) is 11.8. The van der Waals surface area contributed by atoms with Crippen LogP contribution in [0.4, 0.5) is 0 Å². The molecule has 0 atom stereocenters. The summed E-state index contributed by atoms with van der Waals surface area (Å²) in [5.74, 6) is -2.15. The van der Waals surface area contributed by atoms with Crippen LogP contribution < -0.4 is 0 Å². The molecule has 0 amide bonds. The van der Waals surface area contributed by atoms with Crippen molar-refractivity contribution in [3.8, 4) is 0 Å². The zero-order valence-corrected chi connectivity index (χ0v) is 21.6. The van der Waals surface area contributed by atoms with Gasteiger partial charge in [0.15, 0.2) is 0 Å². The van der Waals surface area contributed by atoms with Gasteiger partial charge in [0.2, 0.25) is 0 Å². The van der Waals surface area contributed by atoms with Gasteiger partial charge in [-0.05, 0) is 20.8 Å². The van der Waals surface area contributed by atoms with E-state index < -0.39 is 5.92 Å². The predicted octanol–water partition coefficient (Wildman–Crippen LogP) is 6.62. The van der Waals surface area contributed by atoms with Crippen LogP contribution in [0.2, 0.25) is 8.87 Å². The zero-order valence-electron chi connectivity index (χ0n) is 18.7. The summed E-state index contributed by atoms with van der Waals surface area (Å²) < 4.78 is 3.31. The number of unbranched alkanes of at least 4 members (excludes halogenated alkanes) is 10. The number of carbonyl (C=O) groups excluding carboxylic acids is 3. The molecule has 0 spiro atoms. The van der Waals surface area contributed by atoms with Gasteiger partial charge >= 0.3 is 121 Å². The van der Waals surface area contributed by atoms with Gasteiger partial charge in [-0.1, -0.05) is 0 Å². The Morgan fingerprint density at radius 1 is 0.556 bits per heavy atom. The van der Waals surface area contributed by atoms with Gasteiger partial charge in [-0.25, -0.2) is 0 Å². The Morgan fingerprint density at radius 3 is 1.11 bits per heavy atom. The maximum atomic E-state index is 10.6. The molecule has 0 saturated carbocycles. The van der Waals surface area contributed by atoms with Crippen molar-refractivity contribution in [3.63, 3.8) is 0 Å². The maximum absolute atomic E-state index is 10.6. The number of hydrogen-bond acceptors (Lipinski definition) is 3. The van der Waals surface area contributed by atoms with E-state index in [9.17, 15) is 14.4 Å². The molecule has 0 heterocycles. The molecule has 0 saturated heterocycles. The van der Waals surface area contributed by atoms with E-state index in [4.69, 9.17) is 0 Å². The third-order valence-electron chi connectivity index (χ3n) is 4.63. The Labute approximate surface area is 179 Å². The predicted molar refractivity (Wildman–Crippen MR) is 118 cm³/mol. The molecule has 0 aliphatic rings. The van der Waals surface area contributed by atoms with E-state index in [1.165, 1.54) is 85.0 Å². The molecule has 158 valence electrons.